The lowest BCUT2D eigenvalue weighted by molar-refractivity contribution is -0.137. The van der Waals surface area contributed by atoms with Gasteiger partial charge in [-0.15, -0.1) is 0 Å². The number of carbonyl (C=O) groups is 2. The highest BCUT2D eigenvalue weighted by Gasteiger charge is 2.44. The fourth-order valence-corrected chi connectivity index (χ4v) is 7.04. The average Bonchev–Trinajstić information content (AvgIpc) is 3.65. The third kappa shape index (κ3) is 3.94. The largest absolute Gasteiger partial charge is 0.481 e. The Balaban J connectivity index is 1.63. The SMILES string of the molecule is C=Cc1c(C)/c2[nH]/c1=C\C1=NC(=C\C3NC4=C(C(=O)C/C4=C4N=C(/C=2)[C@@H](C)[C@@H]/4CCC(=O)O)C3C)/C(CC)=C1C. The summed E-state index contributed by atoms with van der Waals surface area (Å²) < 4.78 is 0. The third-order valence-corrected chi connectivity index (χ3v) is 9.39. The molecule has 4 atom stereocenters. The third-order valence-electron chi connectivity index (χ3n) is 9.39. The standard InChI is InChI=1S/C33H36N4O3/c1-7-19-15(3)23-12-25-17(5)21(9-10-30(39)40)32(36-25)22-11-29(38)31-18(6)26(37-33(22)31)14-28-20(8-2)16(4)24(35-28)13-27(19)34-23/h7,12-14,17-18,21,26,34,37H,1,8-11H2,2-6H3,(H,39,40)/b23-12+,27-13-,28-14-,32-22-/t17-,18?,21-,26?/m0/s1. The summed E-state index contributed by atoms with van der Waals surface area (Å²) in [5, 5.41) is 15.1. The number of hydrogen-bond acceptors (Lipinski definition) is 5. The predicted molar refractivity (Wildman–Crippen MR) is 159 cm³/mol. The van der Waals surface area contributed by atoms with Crippen LogP contribution in [0.5, 0.6) is 0 Å². The van der Waals surface area contributed by atoms with Crippen molar-refractivity contribution >= 4 is 41.4 Å². The number of fused-ring (bicyclic) bond motifs is 5. The molecule has 206 valence electrons. The van der Waals surface area contributed by atoms with Gasteiger partial charge in [0.25, 0.3) is 0 Å². The minimum Gasteiger partial charge on any atom is -0.481 e. The van der Waals surface area contributed by atoms with Crippen molar-refractivity contribution in [3.63, 3.8) is 0 Å². The molecule has 7 nitrogen and oxygen atoms in total. The number of ketones is 1. The van der Waals surface area contributed by atoms with Crippen LogP contribution in [0, 0.1) is 24.7 Å². The van der Waals surface area contributed by atoms with E-state index in [-0.39, 0.29) is 36.0 Å². The molecule has 8 bridgehead atoms. The molecule has 0 radical (unpaired) electrons. The van der Waals surface area contributed by atoms with E-state index in [0.717, 1.165) is 73.5 Å². The number of carboxylic acids is 1. The van der Waals surface area contributed by atoms with Crippen LogP contribution in [0.4, 0.5) is 0 Å². The Morgan fingerprint density at radius 1 is 1.18 bits per heavy atom. The minimum absolute atomic E-state index is 0.00250. The molecule has 4 aliphatic heterocycles. The molecule has 1 aromatic heterocycles. The number of allylic oxidation sites excluding steroid dienone is 4. The molecule has 1 aliphatic carbocycles. The molecule has 7 heteroatoms. The Morgan fingerprint density at radius 2 is 1.95 bits per heavy atom. The van der Waals surface area contributed by atoms with E-state index in [1.54, 1.807) is 0 Å². The van der Waals surface area contributed by atoms with Crippen LogP contribution in [0.15, 0.2) is 62.0 Å². The lowest BCUT2D eigenvalue weighted by Gasteiger charge is -2.21. The van der Waals surface area contributed by atoms with Gasteiger partial charge in [0.15, 0.2) is 5.78 Å². The van der Waals surface area contributed by atoms with Crippen molar-refractivity contribution in [2.24, 2.45) is 27.7 Å². The van der Waals surface area contributed by atoms with Gasteiger partial charge >= 0.3 is 5.97 Å². The van der Waals surface area contributed by atoms with Gasteiger partial charge in [0.1, 0.15) is 0 Å². The molecule has 0 spiro atoms. The molecule has 3 N–H and O–H groups in total. The van der Waals surface area contributed by atoms with E-state index < -0.39 is 5.97 Å². The van der Waals surface area contributed by atoms with Gasteiger partial charge in [0, 0.05) is 69.4 Å². The van der Waals surface area contributed by atoms with Gasteiger partial charge in [-0.2, -0.15) is 0 Å². The van der Waals surface area contributed by atoms with Crippen LogP contribution < -0.4 is 16.0 Å². The van der Waals surface area contributed by atoms with Crippen molar-refractivity contribution in [1.82, 2.24) is 10.3 Å². The van der Waals surface area contributed by atoms with E-state index >= 15 is 0 Å². The maximum atomic E-state index is 13.4. The molecular weight excluding hydrogens is 500 g/mol. The molecular formula is C33H36N4O3. The summed E-state index contributed by atoms with van der Waals surface area (Å²) in [6.45, 7) is 14.6. The first kappa shape index (κ1) is 26.2. The first-order chi connectivity index (χ1) is 19.1. The summed E-state index contributed by atoms with van der Waals surface area (Å²) in [4.78, 5) is 38.8. The number of carboxylic acid groups (broad SMARTS) is 1. The highest BCUT2D eigenvalue weighted by atomic mass is 16.4. The number of aromatic nitrogens is 1. The summed E-state index contributed by atoms with van der Waals surface area (Å²) in [5.74, 6) is -0.771. The van der Waals surface area contributed by atoms with Crippen LogP contribution in [-0.4, -0.2) is 39.3 Å². The van der Waals surface area contributed by atoms with E-state index in [2.05, 4.69) is 69.7 Å². The number of aromatic amines is 1. The maximum absolute atomic E-state index is 13.4. The molecule has 1 aromatic rings. The van der Waals surface area contributed by atoms with Crippen LogP contribution in [0.25, 0.3) is 18.2 Å². The molecule has 2 unspecified atom stereocenters. The smallest absolute Gasteiger partial charge is 0.303 e. The molecule has 6 rings (SSSR count). The zero-order valence-corrected chi connectivity index (χ0v) is 23.8. The van der Waals surface area contributed by atoms with Crippen molar-refractivity contribution in [3.8, 4) is 0 Å². The molecule has 0 saturated heterocycles. The second-order valence-electron chi connectivity index (χ2n) is 11.6. The van der Waals surface area contributed by atoms with Gasteiger partial charge in [0.05, 0.1) is 23.1 Å². The van der Waals surface area contributed by atoms with E-state index in [1.165, 1.54) is 5.57 Å². The quantitative estimate of drug-likeness (QED) is 0.523. The van der Waals surface area contributed by atoms with E-state index in [4.69, 9.17) is 9.98 Å². The van der Waals surface area contributed by atoms with Crippen LogP contribution in [0.3, 0.4) is 0 Å². The normalized spacial score (nSPS) is 31.7. The van der Waals surface area contributed by atoms with Crippen molar-refractivity contribution in [1.29, 1.82) is 0 Å². The molecule has 5 aliphatic rings. The van der Waals surface area contributed by atoms with Crippen molar-refractivity contribution in [2.75, 3.05) is 0 Å². The number of hydrogen-bond donors (Lipinski definition) is 3. The number of aliphatic imine (C=N–C) groups is 2. The Morgan fingerprint density at radius 3 is 2.65 bits per heavy atom. The minimum atomic E-state index is -0.823. The second kappa shape index (κ2) is 9.58. The summed E-state index contributed by atoms with van der Waals surface area (Å²) in [5.41, 5.74) is 10.7. The number of Topliss-reactive ketones (excluding diaryl/α,β-unsaturated/α-hetero) is 1. The molecule has 0 amide bonds. The van der Waals surface area contributed by atoms with E-state index in [0.29, 0.717) is 12.8 Å². The molecule has 5 heterocycles. The first-order valence-electron chi connectivity index (χ1n) is 14.3. The summed E-state index contributed by atoms with van der Waals surface area (Å²) in [7, 11) is 0. The van der Waals surface area contributed by atoms with Gasteiger partial charge in [0.2, 0.25) is 0 Å². The van der Waals surface area contributed by atoms with E-state index in [1.807, 2.05) is 6.08 Å². The Labute approximate surface area is 234 Å². The fourth-order valence-electron chi connectivity index (χ4n) is 7.04. The Bertz CT molecular complexity index is 1700. The van der Waals surface area contributed by atoms with Gasteiger partial charge in [-0.05, 0) is 61.6 Å². The van der Waals surface area contributed by atoms with Crippen molar-refractivity contribution in [2.45, 2.75) is 66.3 Å². The number of rotatable bonds is 5. The average molecular weight is 537 g/mol. The first-order valence-corrected chi connectivity index (χ1v) is 14.3. The van der Waals surface area contributed by atoms with Gasteiger partial charge in [-0.3, -0.25) is 14.6 Å². The number of nitrogens with one attached hydrogen (secondary N) is 2. The van der Waals surface area contributed by atoms with Crippen molar-refractivity contribution in [3.05, 3.63) is 73.9 Å². The highest BCUT2D eigenvalue weighted by Crippen LogP contribution is 2.46. The van der Waals surface area contributed by atoms with E-state index in [9.17, 15) is 14.7 Å². The molecule has 0 saturated carbocycles. The summed E-state index contributed by atoms with van der Waals surface area (Å²) in [6.07, 6.45) is 9.92. The Kier molecular flexibility index (Phi) is 6.28. The number of H-pyrrole nitrogens is 1. The fraction of sp³-hybridized carbons (Fsp3) is 0.394. The Hall–Kier alpha value is -4.00. The lowest BCUT2D eigenvalue weighted by atomic mass is 9.85. The maximum Gasteiger partial charge on any atom is 0.303 e. The number of nitrogens with zero attached hydrogens (tertiary/aromatic N) is 2. The van der Waals surface area contributed by atoms with Gasteiger partial charge in [-0.1, -0.05) is 33.4 Å². The topological polar surface area (TPSA) is 107 Å². The second-order valence-corrected chi connectivity index (χ2v) is 11.6. The zero-order valence-electron chi connectivity index (χ0n) is 23.8. The van der Waals surface area contributed by atoms with Crippen LogP contribution >= 0.6 is 0 Å². The van der Waals surface area contributed by atoms with Crippen LogP contribution in [-0.2, 0) is 9.59 Å². The number of carbonyl (C=O) groups excluding carboxylic acids is 1. The molecule has 40 heavy (non-hydrogen) atoms. The van der Waals surface area contributed by atoms with Crippen LogP contribution in [0.1, 0.15) is 64.5 Å². The molecule has 0 aromatic carbocycles. The van der Waals surface area contributed by atoms with Crippen molar-refractivity contribution < 1.29 is 14.7 Å². The summed E-state index contributed by atoms with van der Waals surface area (Å²) >= 11 is 0. The number of aliphatic carboxylic acids is 1. The van der Waals surface area contributed by atoms with Gasteiger partial charge in [-0.25, -0.2) is 4.99 Å². The van der Waals surface area contributed by atoms with Crippen LogP contribution in [0.2, 0.25) is 0 Å². The highest BCUT2D eigenvalue weighted by molar-refractivity contribution is 6.23. The van der Waals surface area contributed by atoms with Gasteiger partial charge < -0.3 is 15.4 Å². The summed E-state index contributed by atoms with van der Waals surface area (Å²) in [6, 6.07) is -0.0698. The monoisotopic (exact) mass is 536 g/mol. The molecule has 0 fully saturated rings. The predicted octanol–water partition coefficient (Wildman–Crippen LogP) is 4.27. The zero-order chi connectivity index (χ0) is 28.5. The lowest BCUT2D eigenvalue weighted by Crippen LogP contribution is -2.28.